The third-order valence-electron chi connectivity index (χ3n) is 6.99. The average Bonchev–Trinajstić information content (AvgIpc) is 3.28. The fourth-order valence-electron chi connectivity index (χ4n) is 5.03. The van der Waals surface area contributed by atoms with Gasteiger partial charge in [-0.15, -0.1) is 0 Å². The van der Waals surface area contributed by atoms with Gasteiger partial charge in [-0.25, -0.2) is 17.9 Å². The van der Waals surface area contributed by atoms with Crippen LogP contribution in [0.5, 0.6) is 0 Å². The van der Waals surface area contributed by atoms with E-state index >= 15 is 0 Å². The highest BCUT2D eigenvalue weighted by Crippen LogP contribution is 2.39. The highest BCUT2D eigenvalue weighted by molar-refractivity contribution is 7.90. The molecular formula is C26H32N6O3S. The molecule has 0 spiro atoms. The molecule has 1 atom stereocenters. The summed E-state index contributed by atoms with van der Waals surface area (Å²) in [6.07, 6.45) is 17.1. The van der Waals surface area contributed by atoms with Crippen molar-refractivity contribution in [3.05, 3.63) is 71.5 Å². The van der Waals surface area contributed by atoms with Gasteiger partial charge in [0.05, 0.1) is 11.9 Å². The summed E-state index contributed by atoms with van der Waals surface area (Å²) in [4.78, 5) is 15.0. The number of nitrogens with two attached hydrogens (primary N) is 1. The number of hydrogen-bond donors (Lipinski definition) is 3. The molecule has 3 aliphatic rings. The third kappa shape index (κ3) is 4.90. The van der Waals surface area contributed by atoms with Gasteiger partial charge >= 0.3 is 6.03 Å². The van der Waals surface area contributed by atoms with Crippen molar-refractivity contribution in [1.29, 1.82) is 0 Å². The minimum absolute atomic E-state index is 0.0206. The molecule has 1 aliphatic heterocycles. The van der Waals surface area contributed by atoms with Crippen LogP contribution in [0.25, 0.3) is 5.57 Å². The van der Waals surface area contributed by atoms with Crippen molar-refractivity contribution in [2.24, 2.45) is 11.7 Å². The van der Waals surface area contributed by atoms with Crippen molar-refractivity contribution in [2.45, 2.75) is 63.4 Å². The zero-order valence-electron chi connectivity index (χ0n) is 20.6. The molecule has 2 heterocycles. The van der Waals surface area contributed by atoms with Crippen LogP contribution < -0.4 is 15.8 Å². The van der Waals surface area contributed by atoms with Crippen LogP contribution in [0.3, 0.4) is 0 Å². The van der Waals surface area contributed by atoms with E-state index in [4.69, 9.17) is 5.73 Å². The third-order valence-corrected chi connectivity index (χ3v) is 8.27. The summed E-state index contributed by atoms with van der Waals surface area (Å²) in [6.45, 7) is 4.77. The normalized spacial score (nSPS) is 19.4. The van der Waals surface area contributed by atoms with E-state index in [9.17, 15) is 13.2 Å². The highest BCUT2D eigenvalue weighted by Gasteiger charge is 2.27. The largest absolute Gasteiger partial charge is 0.403 e. The molecule has 5 rings (SSSR count). The van der Waals surface area contributed by atoms with Crippen LogP contribution in [0.4, 0.5) is 10.5 Å². The zero-order valence-corrected chi connectivity index (χ0v) is 21.4. The van der Waals surface area contributed by atoms with Crippen LogP contribution in [0.2, 0.25) is 0 Å². The van der Waals surface area contributed by atoms with Crippen molar-refractivity contribution in [2.75, 3.05) is 5.32 Å². The van der Waals surface area contributed by atoms with Gasteiger partial charge in [0.2, 0.25) is 0 Å². The molecule has 1 fully saturated rings. The Bertz CT molecular complexity index is 1380. The van der Waals surface area contributed by atoms with Crippen molar-refractivity contribution in [3.63, 3.8) is 0 Å². The van der Waals surface area contributed by atoms with E-state index in [1.807, 2.05) is 24.1 Å². The number of allylic oxidation sites excluding steroid dienone is 2. The van der Waals surface area contributed by atoms with Crippen molar-refractivity contribution < 1.29 is 13.2 Å². The maximum absolute atomic E-state index is 13.0. The van der Waals surface area contributed by atoms with Crippen molar-refractivity contribution >= 4 is 27.3 Å². The van der Waals surface area contributed by atoms with Crippen LogP contribution in [0.1, 0.15) is 48.4 Å². The Hall–Kier alpha value is -3.53. The summed E-state index contributed by atoms with van der Waals surface area (Å²) in [5.74, 6) is 0.558. The number of amides is 2. The number of anilines is 1. The number of urea groups is 1. The lowest BCUT2D eigenvalue weighted by Gasteiger charge is -2.28. The van der Waals surface area contributed by atoms with Gasteiger partial charge in [0, 0.05) is 42.9 Å². The van der Waals surface area contributed by atoms with Crippen molar-refractivity contribution in [1.82, 2.24) is 19.4 Å². The van der Waals surface area contributed by atoms with Gasteiger partial charge in [-0.05, 0) is 80.2 Å². The first-order valence-electron chi connectivity index (χ1n) is 12.3. The number of aryl methyl sites for hydroxylation is 2. The molecule has 190 valence electrons. The summed E-state index contributed by atoms with van der Waals surface area (Å²) < 4.78 is 29.6. The minimum Gasteiger partial charge on any atom is -0.403 e. The van der Waals surface area contributed by atoms with Gasteiger partial charge in [-0.2, -0.15) is 5.10 Å². The van der Waals surface area contributed by atoms with Gasteiger partial charge in [-0.3, -0.25) is 4.68 Å². The maximum Gasteiger partial charge on any atom is 0.333 e. The number of carbonyl (C=O) groups excluding carboxylic acids is 1. The van der Waals surface area contributed by atoms with E-state index in [-0.39, 0.29) is 10.9 Å². The Labute approximate surface area is 211 Å². The Morgan fingerprint density at radius 3 is 2.83 bits per heavy atom. The molecule has 0 saturated heterocycles. The quantitative estimate of drug-likeness (QED) is 0.525. The molecule has 1 aromatic carbocycles. The van der Waals surface area contributed by atoms with E-state index < -0.39 is 16.1 Å². The Morgan fingerprint density at radius 1 is 1.31 bits per heavy atom. The van der Waals surface area contributed by atoms with E-state index in [0.29, 0.717) is 18.2 Å². The second-order valence-electron chi connectivity index (χ2n) is 9.80. The van der Waals surface area contributed by atoms with Gasteiger partial charge in [-0.1, -0.05) is 12.1 Å². The minimum atomic E-state index is -4.06. The molecule has 1 unspecified atom stereocenters. The number of aromatic nitrogens is 2. The van der Waals surface area contributed by atoms with Crippen LogP contribution in [0, 0.1) is 12.8 Å². The van der Waals surface area contributed by atoms with E-state index in [1.165, 1.54) is 24.2 Å². The van der Waals surface area contributed by atoms with E-state index in [2.05, 4.69) is 34.2 Å². The van der Waals surface area contributed by atoms with Crippen LogP contribution in [0.15, 0.2) is 54.1 Å². The molecule has 1 saturated carbocycles. The molecular weight excluding hydrogens is 476 g/mol. The highest BCUT2D eigenvalue weighted by atomic mass is 32.2. The molecule has 2 aliphatic carbocycles. The lowest BCUT2D eigenvalue weighted by Crippen LogP contribution is -2.35. The predicted molar refractivity (Wildman–Crippen MR) is 139 cm³/mol. The molecule has 0 bridgehead atoms. The smallest absolute Gasteiger partial charge is 0.333 e. The van der Waals surface area contributed by atoms with Gasteiger partial charge < -0.3 is 16.0 Å². The standard InChI is InChI=1S/C26H32N6O3S/c1-17-12-20-4-3-5-23(20)25(24(17)21-8-10-31(11-9-27)18(2)13-21)29-26(33)30-36(34,35)22-14-28-32(16-22)15-19-6-7-19/h8-14,16,18-19H,3-7,15,27H2,1-2H3,(H2,29,30,33)/b11-9-. The fourth-order valence-corrected chi connectivity index (χ4v) is 5.89. The monoisotopic (exact) mass is 508 g/mol. The summed E-state index contributed by atoms with van der Waals surface area (Å²) in [5.41, 5.74) is 11.4. The van der Waals surface area contributed by atoms with Crippen LogP contribution in [-0.2, 0) is 29.4 Å². The average molecular weight is 509 g/mol. The molecule has 9 nitrogen and oxygen atoms in total. The predicted octanol–water partition coefficient (Wildman–Crippen LogP) is 3.63. The number of carbonyl (C=O) groups is 1. The summed E-state index contributed by atoms with van der Waals surface area (Å²) in [6, 6.07) is 1.45. The lowest BCUT2D eigenvalue weighted by atomic mass is 9.90. The topological polar surface area (TPSA) is 122 Å². The van der Waals surface area contributed by atoms with Gasteiger partial charge in [0.1, 0.15) is 4.90 Å². The molecule has 36 heavy (non-hydrogen) atoms. The second kappa shape index (κ2) is 9.50. The first-order chi connectivity index (χ1) is 17.2. The van der Waals surface area contributed by atoms with E-state index in [1.54, 1.807) is 10.9 Å². The van der Waals surface area contributed by atoms with Gasteiger partial charge in [0.15, 0.2) is 0 Å². The molecule has 1 aromatic heterocycles. The summed E-state index contributed by atoms with van der Waals surface area (Å²) in [5, 5.41) is 7.04. The maximum atomic E-state index is 13.0. The zero-order chi connectivity index (χ0) is 25.4. The number of benzene rings is 1. The molecule has 2 amide bonds. The number of nitrogens with one attached hydrogen (secondary N) is 2. The molecule has 4 N–H and O–H groups in total. The van der Waals surface area contributed by atoms with Crippen LogP contribution in [-0.4, -0.2) is 35.2 Å². The Balaban J connectivity index is 1.42. The SMILES string of the molecule is Cc1cc2c(c(NC(=O)NS(=O)(=O)c3cnn(CC4CC4)c3)c1C1=CC(C)N(/C=C\N)C=C1)CCC2. The Kier molecular flexibility index (Phi) is 6.38. The lowest BCUT2D eigenvalue weighted by molar-refractivity contribution is 0.256. The fraction of sp³-hybridized carbons (Fsp3) is 0.385. The van der Waals surface area contributed by atoms with Crippen LogP contribution >= 0.6 is 0 Å². The Morgan fingerprint density at radius 2 is 2.11 bits per heavy atom. The first kappa shape index (κ1) is 24.2. The molecule has 2 aromatic rings. The van der Waals surface area contributed by atoms with Gasteiger partial charge in [0.25, 0.3) is 10.0 Å². The number of hydrogen-bond acceptors (Lipinski definition) is 6. The van der Waals surface area contributed by atoms with Crippen molar-refractivity contribution in [3.8, 4) is 0 Å². The number of rotatable bonds is 7. The second-order valence-corrected chi connectivity index (χ2v) is 11.5. The molecule has 0 radical (unpaired) electrons. The van der Waals surface area contributed by atoms with E-state index in [0.717, 1.165) is 54.4 Å². The number of sulfonamides is 1. The summed E-state index contributed by atoms with van der Waals surface area (Å²) >= 11 is 0. The number of nitrogens with zero attached hydrogens (tertiary/aromatic N) is 3. The number of fused-ring (bicyclic) bond motifs is 1. The summed E-state index contributed by atoms with van der Waals surface area (Å²) in [7, 11) is -4.06. The first-order valence-corrected chi connectivity index (χ1v) is 13.8. The molecule has 10 heteroatoms.